The number of benzene rings is 2. The zero-order valence-electron chi connectivity index (χ0n) is 17.8. The van der Waals surface area contributed by atoms with Crippen LogP contribution in [0, 0.1) is 0 Å². The Labute approximate surface area is 188 Å². The number of aliphatic hydroxyl groups excluding tert-OH is 1. The first-order valence-electron chi connectivity index (χ1n) is 10.9. The van der Waals surface area contributed by atoms with Crippen molar-refractivity contribution in [1.29, 1.82) is 0 Å². The Morgan fingerprint density at radius 2 is 1.90 bits per heavy atom. The number of carbonyl (C=O) groups is 1. The third kappa shape index (κ3) is 4.97. The average molecular weight is 445 g/mol. The van der Waals surface area contributed by atoms with E-state index in [0.29, 0.717) is 35.2 Å². The zero-order chi connectivity index (χ0) is 21.8. The van der Waals surface area contributed by atoms with Gasteiger partial charge in [0.2, 0.25) is 5.91 Å². The smallest absolute Gasteiger partial charge is 0.236 e. The maximum absolute atomic E-state index is 13.2. The first-order valence-corrected chi connectivity index (χ1v) is 11.2. The molecule has 0 aromatic heterocycles. The highest BCUT2D eigenvalue weighted by Crippen LogP contribution is 2.39. The number of ether oxygens (including phenoxy) is 2. The average Bonchev–Trinajstić information content (AvgIpc) is 3.08. The number of likely N-dealkylation sites (tertiary alicyclic amines) is 1. The van der Waals surface area contributed by atoms with Gasteiger partial charge in [-0.25, -0.2) is 0 Å². The van der Waals surface area contributed by atoms with E-state index in [4.69, 9.17) is 21.1 Å². The second kappa shape index (κ2) is 9.90. The van der Waals surface area contributed by atoms with Crippen molar-refractivity contribution in [1.82, 2.24) is 4.90 Å². The third-order valence-electron chi connectivity index (χ3n) is 6.07. The Hall–Kier alpha value is -2.28. The van der Waals surface area contributed by atoms with Crippen molar-refractivity contribution in [2.45, 2.75) is 37.8 Å². The lowest BCUT2D eigenvalue weighted by molar-refractivity contribution is -0.118. The van der Waals surface area contributed by atoms with Crippen LogP contribution in [-0.2, 0) is 4.79 Å². The van der Waals surface area contributed by atoms with Gasteiger partial charge in [0.1, 0.15) is 12.8 Å². The van der Waals surface area contributed by atoms with Crippen LogP contribution in [0.5, 0.6) is 11.5 Å². The van der Waals surface area contributed by atoms with E-state index in [9.17, 15) is 9.90 Å². The van der Waals surface area contributed by atoms with E-state index in [2.05, 4.69) is 4.90 Å². The van der Waals surface area contributed by atoms with Crippen LogP contribution in [-0.4, -0.2) is 55.5 Å². The van der Waals surface area contributed by atoms with Crippen LogP contribution >= 0.6 is 11.6 Å². The number of carbonyl (C=O) groups excluding carboxylic acids is 1. The quantitative estimate of drug-likeness (QED) is 0.698. The number of hydrogen-bond acceptors (Lipinski definition) is 5. The summed E-state index contributed by atoms with van der Waals surface area (Å²) in [6, 6.07) is 12.6. The van der Waals surface area contributed by atoms with Gasteiger partial charge in [-0.2, -0.15) is 0 Å². The molecule has 166 valence electrons. The highest BCUT2D eigenvalue weighted by molar-refractivity contribution is 6.30. The number of rotatable bonds is 7. The summed E-state index contributed by atoms with van der Waals surface area (Å²) in [5.41, 5.74) is 1.40. The predicted octanol–water partition coefficient (Wildman–Crippen LogP) is 4.05. The topological polar surface area (TPSA) is 62.2 Å². The number of anilines is 1. The molecule has 0 bridgehead atoms. The van der Waals surface area contributed by atoms with E-state index in [1.54, 1.807) is 37.4 Å². The van der Waals surface area contributed by atoms with E-state index >= 15 is 0 Å². The monoisotopic (exact) mass is 444 g/mol. The molecule has 2 fully saturated rings. The number of halogens is 1. The molecule has 2 heterocycles. The molecule has 4 rings (SSSR count). The van der Waals surface area contributed by atoms with Gasteiger partial charge in [-0.3, -0.25) is 14.6 Å². The van der Waals surface area contributed by atoms with Crippen LogP contribution in [0.1, 0.15) is 37.2 Å². The van der Waals surface area contributed by atoms with Gasteiger partial charge in [0, 0.05) is 24.1 Å². The van der Waals surface area contributed by atoms with Crippen LogP contribution in [0.15, 0.2) is 42.5 Å². The minimum atomic E-state index is -0.911. The summed E-state index contributed by atoms with van der Waals surface area (Å²) in [5, 5.41) is 11.2. The molecule has 0 radical (unpaired) electrons. The fourth-order valence-electron chi connectivity index (χ4n) is 4.43. The fraction of sp³-hybridized carbons (Fsp3) is 0.458. The molecule has 0 aliphatic carbocycles. The lowest BCUT2D eigenvalue weighted by Gasteiger charge is -2.26. The molecule has 2 saturated heterocycles. The molecule has 2 aliphatic heterocycles. The fourth-order valence-corrected chi connectivity index (χ4v) is 4.63. The van der Waals surface area contributed by atoms with Gasteiger partial charge in [-0.15, -0.1) is 0 Å². The second-order valence-electron chi connectivity index (χ2n) is 8.12. The molecular weight excluding hydrogens is 416 g/mol. The molecule has 0 saturated carbocycles. The van der Waals surface area contributed by atoms with Crippen molar-refractivity contribution in [3.8, 4) is 11.5 Å². The van der Waals surface area contributed by atoms with Gasteiger partial charge >= 0.3 is 0 Å². The largest absolute Gasteiger partial charge is 0.493 e. The molecule has 2 aromatic carbocycles. The Kier molecular flexibility index (Phi) is 7.00. The molecule has 2 aliphatic rings. The number of piperidine rings is 1. The summed E-state index contributed by atoms with van der Waals surface area (Å²) >= 11 is 6.10. The van der Waals surface area contributed by atoms with Crippen LogP contribution in [0.3, 0.4) is 0 Å². The lowest BCUT2D eigenvalue weighted by Crippen LogP contribution is -2.34. The number of aliphatic hydroxyl groups is 1. The van der Waals surface area contributed by atoms with Gasteiger partial charge in [-0.1, -0.05) is 30.2 Å². The third-order valence-corrected chi connectivity index (χ3v) is 6.31. The van der Waals surface area contributed by atoms with Crippen molar-refractivity contribution >= 4 is 23.2 Å². The van der Waals surface area contributed by atoms with Crippen molar-refractivity contribution in [2.24, 2.45) is 0 Å². The maximum Gasteiger partial charge on any atom is 0.236 e. The zero-order valence-corrected chi connectivity index (χ0v) is 18.6. The van der Waals surface area contributed by atoms with Crippen molar-refractivity contribution < 1.29 is 19.4 Å². The van der Waals surface area contributed by atoms with E-state index in [1.807, 2.05) is 12.1 Å². The minimum Gasteiger partial charge on any atom is -0.493 e. The van der Waals surface area contributed by atoms with Gasteiger partial charge in [0.15, 0.2) is 11.5 Å². The minimum absolute atomic E-state index is 0.154. The highest BCUT2D eigenvalue weighted by Gasteiger charge is 2.40. The maximum atomic E-state index is 13.2. The molecule has 0 spiro atoms. The summed E-state index contributed by atoms with van der Waals surface area (Å²) in [5.74, 6) is 0.594. The van der Waals surface area contributed by atoms with Gasteiger partial charge in [-0.05, 0) is 55.8 Å². The normalized spacial score (nSPS) is 22.0. The number of methoxy groups -OCH3 is 1. The molecule has 2 aromatic rings. The number of amides is 1. The Morgan fingerprint density at radius 1 is 1.10 bits per heavy atom. The van der Waals surface area contributed by atoms with Crippen molar-refractivity contribution in [3.05, 3.63) is 53.1 Å². The van der Waals surface area contributed by atoms with E-state index in [0.717, 1.165) is 25.2 Å². The molecule has 1 N–H and O–H groups in total. The predicted molar refractivity (Wildman–Crippen MR) is 121 cm³/mol. The summed E-state index contributed by atoms with van der Waals surface area (Å²) < 4.78 is 11.5. The molecule has 31 heavy (non-hydrogen) atoms. The van der Waals surface area contributed by atoms with Crippen LogP contribution in [0.4, 0.5) is 5.69 Å². The molecule has 1 amide bonds. The summed E-state index contributed by atoms with van der Waals surface area (Å²) in [4.78, 5) is 17.0. The van der Waals surface area contributed by atoms with Crippen LogP contribution < -0.4 is 14.4 Å². The van der Waals surface area contributed by atoms with Crippen LogP contribution in [0.2, 0.25) is 5.02 Å². The van der Waals surface area contributed by atoms with Gasteiger partial charge < -0.3 is 14.6 Å². The number of nitrogens with zero attached hydrogens (tertiary/aromatic N) is 2. The summed E-state index contributed by atoms with van der Waals surface area (Å²) in [7, 11) is 1.59. The van der Waals surface area contributed by atoms with Crippen molar-refractivity contribution in [3.63, 3.8) is 0 Å². The standard InChI is InChI=1S/C24H29ClN2O4/c1-30-21-9-8-19(15-22(21)31-13-12-26-10-3-2-4-11-26)27-23(28)16-20(24(27)29)17-6-5-7-18(25)14-17/h5-9,14-15,20,23,28H,2-4,10-13,16H2,1H3. The Morgan fingerprint density at radius 3 is 2.65 bits per heavy atom. The summed E-state index contributed by atoms with van der Waals surface area (Å²) in [6.07, 6.45) is 3.18. The second-order valence-corrected chi connectivity index (χ2v) is 8.55. The van der Waals surface area contributed by atoms with Gasteiger partial charge in [0.05, 0.1) is 18.7 Å². The van der Waals surface area contributed by atoms with Gasteiger partial charge in [0.25, 0.3) is 0 Å². The lowest BCUT2D eigenvalue weighted by atomic mass is 9.97. The van der Waals surface area contributed by atoms with Crippen LogP contribution in [0.25, 0.3) is 0 Å². The van der Waals surface area contributed by atoms with E-state index in [-0.39, 0.29) is 5.91 Å². The molecular formula is C24H29ClN2O4. The Balaban J connectivity index is 1.49. The SMILES string of the molecule is COc1ccc(N2C(=O)C(c3cccc(Cl)c3)CC2O)cc1OCCN1CCCCC1. The highest BCUT2D eigenvalue weighted by atomic mass is 35.5. The molecule has 6 nitrogen and oxygen atoms in total. The first kappa shape index (κ1) is 21.9. The Bertz CT molecular complexity index is 916. The van der Waals surface area contributed by atoms with Crippen molar-refractivity contribution in [2.75, 3.05) is 38.3 Å². The molecule has 2 unspecified atom stereocenters. The van der Waals surface area contributed by atoms with E-state index < -0.39 is 12.1 Å². The first-order chi connectivity index (χ1) is 15.1. The summed E-state index contributed by atoms with van der Waals surface area (Å²) in [6.45, 7) is 3.62. The molecule has 2 atom stereocenters. The van der Waals surface area contributed by atoms with E-state index in [1.165, 1.54) is 24.2 Å². The molecule has 7 heteroatoms. The number of hydrogen-bond donors (Lipinski definition) is 1.